The van der Waals surface area contributed by atoms with Crippen LogP contribution in [0.15, 0.2) is 24.8 Å². The van der Waals surface area contributed by atoms with Gasteiger partial charge >= 0.3 is 11.9 Å². The maximum Gasteiger partial charge on any atom is 0.338 e. The molecule has 3 aromatic rings. The van der Waals surface area contributed by atoms with E-state index >= 15 is 0 Å². The van der Waals surface area contributed by atoms with Crippen molar-refractivity contribution < 1.29 is 39.2 Å². The van der Waals surface area contributed by atoms with Gasteiger partial charge < -0.3 is 40.1 Å². The molecule has 5 heterocycles. The minimum Gasteiger partial charge on any atom is -0.481 e. The number of fused-ring (bicyclic) bond motifs is 8. The first kappa shape index (κ1) is 43.4. The molecule has 0 saturated heterocycles. The third kappa shape index (κ3) is 10.2. The molecular formula is C43H55N5O8S. The average molecular weight is 802 g/mol. The molecule has 2 aliphatic rings. The number of carbonyl (C=O) groups excluding carboxylic acids is 1. The van der Waals surface area contributed by atoms with Gasteiger partial charge in [-0.25, -0.2) is 9.78 Å². The number of hydrogen-bond acceptors (Lipinski definition) is 9. The Morgan fingerprint density at radius 1 is 0.930 bits per heavy atom. The molecule has 2 atom stereocenters. The Morgan fingerprint density at radius 2 is 1.65 bits per heavy atom. The molecule has 57 heavy (non-hydrogen) atoms. The number of carbonyl (C=O) groups is 3. The van der Waals surface area contributed by atoms with Gasteiger partial charge in [0, 0.05) is 76.0 Å². The Labute approximate surface area is 337 Å². The van der Waals surface area contributed by atoms with E-state index in [0.29, 0.717) is 66.9 Å². The Hall–Kier alpha value is -4.76. The number of thioether (sulfide) groups is 1. The van der Waals surface area contributed by atoms with Crippen LogP contribution in [0.3, 0.4) is 0 Å². The zero-order valence-electron chi connectivity index (χ0n) is 33.5. The van der Waals surface area contributed by atoms with Crippen LogP contribution in [0.1, 0.15) is 102 Å². The van der Waals surface area contributed by atoms with Gasteiger partial charge in [0.15, 0.2) is 0 Å². The van der Waals surface area contributed by atoms with Gasteiger partial charge in [0.1, 0.15) is 0 Å². The number of aromatic amines is 2. The summed E-state index contributed by atoms with van der Waals surface area (Å²) in [6, 6.07) is 5.90. The summed E-state index contributed by atoms with van der Waals surface area (Å²) >= 11 is 1.68. The lowest BCUT2D eigenvalue weighted by Gasteiger charge is -2.18. The summed E-state index contributed by atoms with van der Waals surface area (Å²) in [6.07, 6.45) is 3.30. The van der Waals surface area contributed by atoms with Crippen LogP contribution >= 0.6 is 11.8 Å². The van der Waals surface area contributed by atoms with Crippen molar-refractivity contribution in [1.82, 2.24) is 25.3 Å². The van der Waals surface area contributed by atoms with Crippen LogP contribution in [0, 0.1) is 13.8 Å². The summed E-state index contributed by atoms with van der Waals surface area (Å²) in [5, 5.41) is 32.2. The first-order valence-corrected chi connectivity index (χ1v) is 20.7. The van der Waals surface area contributed by atoms with Crippen molar-refractivity contribution in [3.63, 3.8) is 0 Å². The van der Waals surface area contributed by atoms with Crippen molar-refractivity contribution in [2.45, 2.75) is 78.6 Å². The maximum atomic E-state index is 13.8. The summed E-state index contributed by atoms with van der Waals surface area (Å²) in [7, 11) is 0. The van der Waals surface area contributed by atoms with E-state index in [1.54, 1.807) is 18.7 Å². The van der Waals surface area contributed by atoms with Crippen LogP contribution in [0.4, 0.5) is 0 Å². The summed E-state index contributed by atoms with van der Waals surface area (Å²) in [5.74, 6) is -1.61. The quantitative estimate of drug-likeness (QED) is 0.0664. The number of nitrogens with zero attached hydrogens (tertiary/aromatic N) is 2. The molecule has 0 aromatic carbocycles. The number of amides is 1. The van der Waals surface area contributed by atoms with Gasteiger partial charge in [-0.2, -0.15) is 11.8 Å². The molecule has 5 rings (SSSR count). The van der Waals surface area contributed by atoms with Crippen molar-refractivity contribution >= 4 is 68.9 Å². The number of aliphatic hydroxyl groups is 1. The first-order chi connectivity index (χ1) is 27.4. The minimum absolute atomic E-state index is 0.0102. The molecule has 0 fully saturated rings. The number of aliphatic hydroxyl groups excluding tert-OH is 1. The molecule has 0 radical (unpaired) electrons. The number of aryl methyl sites for hydroxylation is 3. The van der Waals surface area contributed by atoms with Crippen LogP contribution < -0.4 is 5.32 Å². The second-order valence-corrected chi connectivity index (χ2v) is 15.6. The molecule has 13 nitrogen and oxygen atoms in total. The first-order valence-electron chi connectivity index (χ1n) is 19.6. The van der Waals surface area contributed by atoms with E-state index in [1.807, 2.05) is 32.1 Å². The molecule has 3 aromatic heterocycles. The number of carboxylic acids is 2. The Balaban J connectivity index is 1.61. The Bertz CT molecular complexity index is 2190. The van der Waals surface area contributed by atoms with Gasteiger partial charge in [0.05, 0.1) is 55.5 Å². The highest BCUT2D eigenvalue weighted by atomic mass is 32.2. The van der Waals surface area contributed by atoms with Gasteiger partial charge in [0.25, 0.3) is 0 Å². The molecule has 306 valence electrons. The Kier molecular flexibility index (Phi) is 15.3. The van der Waals surface area contributed by atoms with Crippen molar-refractivity contribution in [3.8, 4) is 0 Å². The third-order valence-electron chi connectivity index (χ3n) is 10.7. The number of nitrogens with one attached hydrogen (secondary N) is 3. The molecular weight excluding hydrogens is 747 g/mol. The number of aliphatic carboxylic acids is 2. The molecule has 0 spiro atoms. The van der Waals surface area contributed by atoms with Gasteiger partial charge in [-0.05, 0) is 86.2 Å². The number of ether oxygens (including phenoxy) is 2. The van der Waals surface area contributed by atoms with E-state index in [-0.39, 0.29) is 49.0 Å². The molecule has 2 unspecified atom stereocenters. The molecule has 2 aliphatic heterocycles. The molecule has 1 amide bonds. The third-order valence-corrected chi connectivity index (χ3v) is 11.8. The fourth-order valence-corrected chi connectivity index (χ4v) is 8.38. The van der Waals surface area contributed by atoms with Crippen LogP contribution in [0.2, 0.25) is 0 Å². The van der Waals surface area contributed by atoms with Crippen molar-refractivity contribution in [1.29, 1.82) is 0 Å². The fourth-order valence-electron chi connectivity index (χ4n) is 7.61. The minimum atomic E-state index is -1.17. The van der Waals surface area contributed by atoms with Crippen LogP contribution in [-0.4, -0.2) is 104 Å². The fraction of sp³-hybridized carbons (Fsp3) is 0.465. The van der Waals surface area contributed by atoms with E-state index in [9.17, 15) is 24.6 Å². The van der Waals surface area contributed by atoms with Gasteiger partial charge in [-0.15, -0.1) is 0 Å². The Morgan fingerprint density at radius 3 is 2.33 bits per heavy atom. The second kappa shape index (κ2) is 20.1. The largest absolute Gasteiger partial charge is 0.481 e. The number of allylic oxidation sites excluding steroid dienone is 1. The van der Waals surface area contributed by atoms with Crippen molar-refractivity contribution in [2.75, 3.05) is 51.1 Å². The highest BCUT2D eigenvalue weighted by Gasteiger charge is 2.35. The van der Waals surface area contributed by atoms with E-state index in [4.69, 9.17) is 24.5 Å². The molecule has 0 aliphatic carbocycles. The van der Waals surface area contributed by atoms with Crippen molar-refractivity contribution in [2.24, 2.45) is 0 Å². The lowest BCUT2D eigenvalue weighted by atomic mass is 9.84. The average Bonchev–Trinajstić information content (AvgIpc) is 3.86. The zero-order valence-corrected chi connectivity index (χ0v) is 34.4. The highest BCUT2D eigenvalue weighted by molar-refractivity contribution is 7.99. The van der Waals surface area contributed by atoms with Gasteiger partial charge in [0.2, 0.25) is 5.91 Å². The number of H-pyrrole nitrogens is 2. The van der Waals surface area contributed by atoms with Gasteiger partial charge in [-0.1, -0.05) is 26.5 Å². The summed E-state index contributed by atoms with van der Waals surface area (Å²) in [5.41, 5.74) is 10.1. The van der Waals surface area contributed by atoms with Gasteiger partial charge in [-0.3, -0.25) is 14.6 Å². The van der Waals surface area contributed by atoms with E-state index < -0.39 is 17.9 Å². The smallest absolute Gasteiger partial charge is 0.338 e. The normalized spacial score (nSPS) is 15.3. The monoisotopic (exact) mass is 801 g/mol. The number of hydrogen-bond donors (Lipinski definition) is 6. The molecule has 6 N–H and O–H groups in total. The SMILES string of the molecule is C=Cc1c(C)c2cc3nc(c(CC(=O)NCCSCCCOCCOCCO)c4nc(cc5[nH]c(cc1[nH]2)c(C)c5CC)C(C)=C4C(=O)O)C(CCC(=O)O)C3C. The molecule has 0 saturated carbocycles. The lowest BCUT2D eigenvalue weighted by Crippen LogP contribution is -2.28. The van der Waals surface area contributed by atoms with Crippen LogP contribution in [-0.2, 0) is 36.7 Å². The number of carboxylic acid groups (broad SMARTS) is 2. The lowest BCUT2D eigenvalue weighted by molar-refractivity contribution is -0.137. The highest BCUT2D eigenvalue weighted by Crippen LogP contribution is 2.43. The molecule has 8 bridgehead atoms. The predicted molar refractivity (Wildman–Crippen MR) is 225 cm³/mol. The summed E-state index contributed by atoms with van der Waals surface area (Å²) in [6.45, 7) is 16.1. The molecule has 14 heteroatoms. The van der Waals surface area contributed by atoms with E-state index in [2.05, 4.69) is 41.8 Å². The maximum absolute atomic E-state index is 13.8. The van der Waals surface area contributed by atoms with Crippen LogP contribution in [0.5, 0.6) is 0 Å². The second-order valence-electron chi connectivity index (χ2n) is 14.4. The van der Waals surface area contributed by atoms with E-state index in [1.165, 1.54) is 0 Å². The summed E-state index contributed by atoms with van der Waals surface area (Å²) in [4.78, 5) is 56.1. The number of aromatic nitrogens is 4. The van der Waals surface area contributed by atoms with E-state index in [0.717, 1.165) is 62.9 Å². The topological polar surface area (TPSA) is 200 Å². The van der Waals surface area contributed by atoms with Crippen LogP contribution in [0.25, 0.3) is 39.3 Å². The predicted octanol–water partition coefficient (Wildman–Crippen LogP) is 6.71. The standard InChI is InChI=1S/C43H55N5O8S/c1-7-28-24(3)32-21-34-26(5)30(10-11-39(51)52)41(47-34)31(20-38(50)44-12-19-57-18-9-14-55-16-17-56-15-13-49)42-40(43(53)54)27(6)35(48-42)23-37-29(8-2)25(4)33(46-37)22-36(28)45-32/h7,21-23,26,30,45-46,49H,1,8-20H2,2-6H3,(H,44,50)(H,51,52)(H,53,54). The summed E-state index contributed by atoms with van der Waals surface area (Å²) < 4.78 is 10.7. The zero-order chi connectivity index (χ0) is 41.2. The number of rotatable bonds is 20. The van der Waals surface area contributed by atoms with Crippen molar-refractivity contribution in [3.05, 3.63) is 75.4 Å².